The first-order valence-electron chi connectivity index (χ1n) is 6.57. The highest BCUT2D eigenvalue weighted by atomic mass is 19.1. The van der Waals surface area contributed by atoms with E-state index in [1.165, 1.54) is 6.07 Å². The van der Waals surface area contributed by atoms with Crippen LogP contribution in [0.1, 0.15) is 25.5 Å². The Balaban J connectivity index is 2.21. The van der Waals surface area contributed by atoms with Crippen molar-refractivity contribution in [2.75, 3.05) is 37.6 Å². The smallest absolute Gasteiger partial charge is 0.131 e. The van der Waals surface area contributed by atoms with E-state index in [0.29, 0.717) is 5.56 Å². The summed E-state index contributed by atoms with van der Waals surface area (Å²) < 4.78 is 13.8. The van der Waals surface area contributed by atoms with Crippen molar-refractivity contribution in [3.63, 3.8) is 0 Å². The highest BCUT2D eigenvalue weighted by molar-refractivity contribution is 5.55. The largest absolute Gasteiger partial charge is 0.389 e. The van der Waals surface area contributed by atoms with Crippen LogP contribution in [-0.4, -0.2) is 42.7 Å². The molecule has 100 valence electrons. The van der Waals surface area contributed by atoms with Gasteiger partial charge in [-0.3, -0.25) is 0 Å². The molecule has 0 radical (unpaired) electrons. The molecule has 1 saturated heterocycles. The Bertz CT molecular complexity index is 401. The van der Waals surface area contributed by atoms with Gasteiger partial charge in [-0.25, -0.2) is 4.39 Å². The summed E-state index contributed by atoms with van der Waals surface area (Å²) in [5, 5.41) is 9.74. The maximum absolute atomic E-state index is 13.8. The van der Waals surface area contributed by atoms with Crippen LogP contribution in [0, 0.1) is 5.82 Å². The minimum absolute atomic E-state index is 0.319. The average molecular weight is 252 g/mol. The van der Waals surface area contributed by atoms with E-state index in [1.54, 1.807) is 13.0 Å². The fourth-order valence-electron chi connectivity index (χ4n) is 2.52. The molecule has 1 fully saturated rings. The van der Waals surface area contributed by atoms with Gasteiger partial charge >= 0.3 is 0 Å². The number of aliphatic hydroxyl groups excluding tert-OH is 1. The SMILES string of the molecule is CCN1CCN(c2cccc(F)c2C(C)O)CC1. The monoisotopic (exact) mass is 252 g/mol. The first-order valence-corrected chi connectivity index (χ1v) is 6.57. The zero-order valence-corrected chi connectivity index (χ0v) is 11.1. The van der Waals surface area contributed by atoms with Gasteiger partial charge in [0.2, 0.25) is 0 Å². The van der Waals surface area contributed by atoms with Gasteiger partial charge in [-0.2, -0.15) is 0 Å². The normalized spacial score (nSPS) is 19.0. The number of rotatable bonds is 3. The predicted molar refractivity (Wildman–Crippen MR) is 71.4 cm³/mol. The lowest BCUT2D eigenvalue weighted by atomic mass is 10.1. The minimum Gasteiger partial charge on any atom is -0.389 e. The molecule has 0 amide bonds. The lowest BCUT2D eigenvalue weighted by Crippen LogP contribution is -2.46. The number of halogens is 1. The van der Waals surface area contributed by atoms with E-state index in [0.717, 1.165) is 38.4 Å². The maximum Gasteiger partial charge on any atom is 0.131 e. The molecule has 1 atom stereocenters. The second-order valence-electron chi connectivity index (χ2n) is 4.77. The number of aliphatic hydroxyl groups is 1. The van der Waals surface area contributed by atoms with Gasteiger partial charge in [0.15, 0.2) is 0 Å². The van der Waals surface area contributed by atoms with Crippen molar-refractivity contribution in [3.8, 4) is 0 Å². The van der Waals surface area contributed by atoms with E-state index in [2.05, 4.69) is 16.7 Å². The van der Waals surface area contributed by atoms with Gasteiger partial charge in [0.1, 0.15) is 5.82 Å². The van der Waals surface area contributed by atoms with Crippen LogP contribution in [0.25, 0.3) is 0 Å². The molecular weight excluding hydrogens is 231 g/mol. The lowest BCUT2D eigenvalue weighted by molar-refractivity contribution is 0.194. The molecule has 3 nitrogen and oxygen atoms in total. The average Bonchev–Trinajstić information content (AvgIpc) is 2.38. The summed E-state index contributed by atoms with van der Waals surface area (Å²) in [6.07, 6.45) is -0.773. The molecule has 1 heterocycles. The third kappa shape index (κ3) is 2.65. The summed E-state index contributed by atoms with van der Waals surface area (Å²) in [6.45, 7) is 8.58. The van der Waals surface area contributed by atoms with Crippen LogP contribution in [-0.2, 0) is 0 Å². The van der Waals surface area contributed by atoms with Crippen molar-refractivity contribution in [1.82, 2.24) is 4.90 Å². The Morgan fingerprint density at radius 3 is 2.50 bits per heavy atom. The van der Waals surface area contributed by atoms with E-state index in [1.807, 2.05) is 6.07 Å². The molecule has 1 aromatic rings. The Hall–Kier alpha value is -1.13. The molecule has 0 aliphatic carbocycles. The number of benzene rings is 1. The molecule has 0 saturated carbocycles. The van der Waals surface area contributed by atoms with Crippen LogP contribution in [0.3, 0.4) is 0 Å². The highest BCUT2D eigenvalue weighted by Gasteiger charge is 2.21. The fourth-order valence-corrected chi connectivity index (χ4v) is 2.52. The third-order valence-electron chi connectivity index (χ3n) is 3.61. The molecule has 1 aliphatic heterocycles. The molecule has 4 heteroatoms. The van der Waals surface area contributed by atoms with Crippen LogP contribution in [0.2, 0.25) is 0 Å². The maximum atomic E-state index is 13.8. The molecule has 0 spiro atoms. The van der Waals surface area contributed by atoms with E-state index in [-0.39, 0.29) is 5.82 Å². The molecule has 18 heavy (non-hydrogen) atoms. The number of anilines is 1. The van der Waals surface area contributed by atoms with Gasteiger partial charge < -0.3 is 14.9 Å². The van der Waals surface area contributed by atoms with Crippen molar-refractivity contribution < 1.29 is 9.50 Å². The van der Waals surface area contributed by atoms with Crippen LogP contribution in [0.5, 0.6) is 0 Å². The third-order valence-corrected chi connectivity index (χ3v) is 3.61. The molecular formula is C14H21FN2O. The second-order valence-corrected chi connectivity index (χ2v) is 4.77. The summed E-state index contributed by atoms with van der Waals surface area (Å²) in [5.41, 5.74) is 1.25. The van der Waals surface area contributed by atoms with Crippen molar-refractivity contribution in [2.45, 2.75) is 20.0 Å². The van der Waals surface area contributed by atoms with Crippen LogP contribution >= 0.6 is 0 Å². The number of hydrogen-bond acceptors (Lipinski definition) is 3. The van der Waals surface area contributed by atoms with Gasteiger partial charge in [0.25, 0.3) is 0 Å². The van der Waals surface area contributed by atoms with Crippen LogP contribution in [0.4, 0.5) is 10.1 Å². The molecule has 1 unspecified atom stereocenters. The molecule has 1 aromatic carbocycles. The van der Waals surface area contributed by atoms with Gasteiger partial charge in [-0.1, -0.05) is 13.0 Å². The molecule has 1 aliphatic rings. The lowest BCUT2D eigenvalue weighted by Gasteiger charge is -2.36. The number of piperazine rings is 1. The summed E-state index contributed by atoms with van der Waals surface area (Å²) in [6, 6.07) is 5.02. The van der Waals surface area contributed by atoms with Gasteiger partial charge in [-0.05, 0) is 25.6 Å². The fraction of sp³-hybridized carbons (Fsp3) is 0.571. The van der Waals surface area contributed by atoms with Crippen molar-refractivity contribution in [2.24, 2.45) is 0 Å². The molecule has 2 rings (SSSR count). The van der Waals surface area contributed by atoms with Crippen LogP contribution < -0.4 is 4.90 Å². The second kappa shape index (κ2) is 5.67. The first kappa shape index (κ1) is 13.3. The minimum atomic E-state index is -0.773. The van der Waals surface area contributed by atoms with Gasteiger partial charge in [-0.15, -0.1) is 0 Å². The Labute approximate surface area is 108 Å². The van der Waals surface area contributed by atoms with E-state index in [4.69, 9.17) is 0 Å². The van der Waals surface area contributed by atoms with Crippen molar-refractivity contribution >= 4 is 5.69 Å². The summed E-state index contributed by atoms with van der Waals surface area (Å²) in [4.78, 5) is 4.54. The van der Waals surface area contributed by atoms with E-state index >= 15 is 0 Å². The van der Waals surface area contributed by atoms with E-state index < -0.39 is 6.10 Å². The molecule has 0 bridgehead atoms. The predicted octanol–water partition coefficient (Wildman–Crippen LogP) is 2.02. The Morgan fingerprint density at radius 1 is 1.28 bits per heavy atom. The number of hydrogen-bond donors (Lipinski definition) is 1. The quantitative estimate of drug-likeness (QED) is 0.891. The Morgan fingerprint density at radius 2 is 1.94 bits per heavy atom. The number of nitrogens with zero attached hydrogens (tertiary/aromatic N) is 2. The molecule has 0 aromatic heterocycles. The molecule has 1 N–H and O–H groups in total. The standard InChI is InChI=1S/C14H21FN2O/c1-3-16-7-9-17(10-8-16)13-6-4-5-12(15)14(13)11(2)18/h4-6,11,18H,3,7-10H2,1-2H3. The van der Waals surface area contributed by atoms with Crippen LogP contribution in [0.15, 0.2) is 18.2 Å². The highest BCUT2D eigenvalue weighted by Crippen LogP contribution is 2.29. The zero-order valence-electron chi connectivity index (χ0n) is 11.1. The summed E-state index contributed by atoms with van der Waals surface area (Å²) in [7, 11) is 0. The van der Waals surface area contributed by atoms with Crippen molar-refractivity contribution in [3.05, 3.63) is 29.6 Å². The zero-order chi connectivity index (χ0) is 13.1. The summed E-state index contributed by atoms with van der Waals surface area (Å²) in [5.74, 6) is -0.319. The van der Waals surface area contributed by atoms with E-state index in [9.17, 15) is 9.50 Å². The van der Waals surface area contributed by atoms with Crippen molar-refractivity contribution in [1.29, 1.82) is 0 Å². The van der Waals surface area contributed by atoms with Gasteiger partial charge in [0.05, 0.1) is 6.10 Å². The number of likely N-dealkylation sites (N-methyl/N-ethyl adjacent to an activating group) is 1. The topological polar surface area (TPSA) is 26.7 Å². The van der Waals surface area contributed by atoms with Gasteiger partial charge in [0, 0.05) is 37.4 Å². The Kier molecular flexibility index (Phi) is 4.19. The first-order chi connectivity index (χ1) is 8.63. The summed E-state index contributed by atoms with van der Waals surface area (Å²) >= 11 is 0.